The summed E-state index contributed by atoms with van der Waals surface area (Å²) in [6.07, 6.45) is 0. The summed E-state index contributed by atoms with van der Waals surface area (Å²) in [5, 5.41) is 22.3. The summed E-state index contributed by atoms with van der Waals surface area (Å²) in [5.74, 6) is -2.23. The van der Waals surface area contributed by atoms with Gasteiger partial charge in [0.05, 0.1) is 11.5 Å². The van der Waals surface area contributed by atoms with Crippen LogP contribution in [0, 0.1) is 10.1 Å². The number of carboxylic acids is 1. The number of nitro benzene ring substituents is 1. The number of hydrogen-bond donors (Lipinski definition) is 2. The van der Waals surface area contributed by atoms with Crippen molar-refractivity contribution in [1.29, 1.82) is 0 Å². The van der Waals surface area contributed by atoms with Gasteiger partial charge in [-0.3, -0.25) is 14.9 Å². The molecule has 0 radical (unpaired) electrons. The molecule has 114 valence electrons. The zero-order chi connectivity index (χ0) is 15.8. The van der Waals surface area contributed by atoms with E-state index in [1.165, 1.54) is 19.2 Å². The highest BCUT2D eigenvalue weighted by Gasteiger charge is 2.24. The lowest BCUT2D eigenvalue weighted by atomic mass is 10.1. The van der Waals surface area contributed by atoms with Crippen molar-refractivity contribution in [1.82, 2.24) is 5.32 Å². The van der Waals surface area contributed by atoms with E-state index >= 15 is 0 Å². The number of methoxy groups -OCH3 is 1. The first kappa shape index (κ1) is 16.4. The van der Waals surface area contributed by atoms with Crippen LogP contribution in [0.3, 0.4) is 0 Å². The fourth-order valence-corrected chi connectivity index (χ4v) is 1.49. The van der Waals surface area contributed by atoms with Crippen LogP contribution in [0.2, 0.25) is 0 Å². The normalized spacial score (nSPS) is 9.95. The van der Waals surface area contributed by atoms with Gasteiger partial charge in [-0.1, -0.05) is 6.07 Å². The van der Waals surface area contributed by atoms with Gasteiger partial charge in [0.2, 0.25) is 0 Å². The summed E-state index contributed by atoms with van der Waals surface area (Å²) < 4.78 is 9.78. The number of carbonyl (C=O) groups excluding carboxylic acids is 1. The molecule has 1 amide bonds. The second kappa shape index (κ2) is 7.80. The fourth-order valence-electron chi connectivity index (χ4n) is 1.49. The lowest BCUT2D eigenvalue weighted by Gasteiger charge is -2.09. The van der Waals surface area contributed by atoms with E-state index in [1.54, 1.807) is 0 Å². The predicted molar refractivity (Wildman–Crippen MR) is 70.4 cm³/mol. The van der Waals surface area contributed by atoms with Crippen LogP contribution in [0.15, 0.2) is 18.2 Å². The number of ether oxygens (including phenoxy) is 2. The van der Waals surface area contributed by atoms with Gasteiger partial charge >= 0.3 is 5.97 Å². The third-order valence-corrected chi connectivity index (χ3v) is 2.40. The Morgan fingerprint density at radius 2 is 2.14 bits per heavy atom. The largest absolute Gasteiger partial charge is 0.483 e. The van der Waals surface area contributed by atoms with Gasteiger partial charge in [0, 0.05) is 19.7 Å². The van der Waals surface area contributed by atoms with E-state index in [1.807, 2.05) is 0 Å². The number of aromatic carboxylic acids is 1. The van der Waals surface area contributed by atoms with Crippen LogP contribution in [0.25, 0.3) is 0 Å². The molecule has 1 rings (SSSR count). The third kappa shape index (κ3) is 4.73. The number of nitrogens with one attached hydrogen (secondary N) is 1. The molecule has 0 aliphatic heterocycles. The van der Waals surface area contributed by atoms with Crippen LogP contribution in [0.5, 0.6) is 5.75 Å². The number of benzene rings is 1. The Hall–Kier alpha value is -2.68. The smallest absolute Gasteiger partial charge is 0.346 e. The molecule has 0 saturated carbocycles. The number of rotatable bonds is 8. The SMILES string of the molecule is COCCNC(=O)COc1cccc([N+](=O)[O-])c1C(=O)O. The Bertz CT molecular complexity index is 544. The Morgan fingerprint density at radius 1 is 1.43 bits per heavy atom. The second-order valence-electron chi connectivity index (χ2n) is 3.84. The van der Waals surface area contributed by atoms with Crippen molar-refractivity contribution in [2.24, 2.45) is 0 Å². The molecule has 1 aromatic rings. The maximum atomic E-state index is 11.4. The number of nitrogens with zero attached hydrogens (tertiary/aromatic N) is 1. The van der Waals surface area contributed by atoms with Crippen LogP contribution in [-0.2, 0) is 9.53 Å². The molecule has 0 aliphatic carbocycles. The minimum absolute atomic E-state index is 0.237. The number of nitro groups is 1. The molecular weight excluding hydrogens is 284 g/mol. The molecule has 0 bridgehead atoms. The van der Waals surface area contributed by atoms with Crippen molar-refractivity contribution in [3.05, 3.63) is 33.9 Å². The van der Waals surface area contributed by atoms with Crippen molar-refractivity contribution in [3.63, 3.8) is 0 Å². The van der Waals surface area contributed by atoms with Crippen molar-refractivity contribution < 1.29 is 29.1 Å². The van der Waals surface area contributed by atoms with Gasteiger partial charge in [-0.15, -0.1) is 0 Å². The second-order valence-corrected chi connectivity index (χ2v) is 3.84. The summed E-state index contributed by atoms with van der Waals surface area (Å²) in [7, 11) is 1.48. The maximum Gasteiger partial charge on any atom is 0.346 e. The number of carbonyl (C=O) groups is 2. The standard InChI is InChI=1S/C12H14N2O7/c1-20-6-5-13-10(15)7-21-9-4-2-3-8(14(18)19)11(9)12(16)17/h2-4H,5-7H2,1H3,(H,13,15)(H,16,17). The summed E-state index contributed by atoms with van der Waals surface area (Å²) in [6.45, 7) is 0.146. The van der Waals surface area contributed by atoms with Crippen molar-refractivity contribution >= 4 is 17.6 Å². The Kier molecular flexibility index (Phi) is 6.08. The van der Waals surface area contributed by atoms with Crippen LogP contribution in [-0.4, -0.2) is 48.8 Å². The Labute approximate surface area is 119 Å². The van der Waals surface area contributed by atoms with E-state index in [0.29, 0.717) is 6.61 Å². The lowest BCUT2D eigenvalue weighted by Crippen LogP contribution is -2.31. The molecule has 0 spiro atoms. The number of carboxylic acid groups (broad SMARTS) is 1. The zero-order valence-corrected chi connectivity index (χ0v) is 11.2. The Balaban J connectivity index is 2.79. The van der Waals surface area contributed by atoms with Gasteiger partial charge in [-0.2, -0.15) is 0 Å². The molecule has 21 heavy (non-hydrogen) atoms. The molecular formula is C12H14N2O7. The van der Waals surface area contributed by atoms with Gasteiger partial charge in [-0.25, -0.2) is 4.79 Å². The molecule has 0 aliphatic rings. The highest BCUT2D eigenvalue weighted by Crippen LogP contribution is 2.28. The maximum absolute atomic E-state index is 11.4. The average molecular weight is 298 g/mol. The molecule has 1 aromatic carbocycles. The van der Waals surface area contributed by atoms with E-state index < -0.39 is 34.7 Å². The first-order chi connectivity index (χ1) is 9.97. The van der Waals surface area contributed by atoms with Gasteiger partial charge < -0.3 is 19.9 Å². The van der Waals surface area contributed by atoms with E-state index in [2.05, 4.69) is 5.32 Å². The molecule has 0 fully saturated rings. The first-order valence-corrected chi connectivity index (χ1v) is 5.86. The molecule has 0 atom stereocenters. The molecule has 0 saturated heterocycles. The summed E-state index contributed by atoms with van der Waals surface area (Å²) >= 11 is 0. The highest BCUT2D eigenvalue weighted by molar-refractivity contribution is 5.95. The third-order valence-electron chi connectivity index (χ3n) is 2.40. The first-order valence-electron chi connectivity index (χ1n) is 5.86. The summed E-state index contributed by atoms with van der Waals surface area (Å²) in [4.78, 5) is 32.5. The monoisotopic (exact) mass is 298 g/mol. The minimum atomic E-state index is -1.50. The summed E-state index contributed by atoms with van der Waals surface area (Å²) in [5.41, 5.74) is -1.19. The van der Waals surface area contributed by atoms with E-state index in [0.717, 1.165) is 6.07 Å². The number of amides is 1. The van der Waals surface area contributed by atoms with E-state index in [-0.39, 0.29) is 12.3 Å². The minimum Gasteiger partial charge on any atom is -0.483 e. The van der Waals surface area contributed by atoms with Crippen LogP contribution in [0.1, 0.15) is 10.4 Å². The molecule has 9 heteroatoms. The Morgan fingerprint density at radius 3 is 2.71 bits per heavy atom. The molecule has 0 heterocycles. The van der Waals surface area contributed by atoms with Gasteiger partial charge in [0.1, 0.15) is 5.75 Å². The molecule has 9 nitrogen and oxygen atoms in total. The van der Waals surface area contributed by atoms with Gasteiger partial charge in [0.15, 0.2) is 12.2 Å². The van der Waals surface area contributed by atoms with Crippen LogP contribution in [0.4, 0.5) is 5.69 Å². The molecule has 2 N–H and O–H groups in total. The average Bonchev–Trinajstić information content (AvgIpc) is 2.44. The summed E-state index contributed by atoms with van der Waals surface area (Å²) in [6, 6.07) is 3.58. The van der Waals surface area contributed by atoms with Crippen molar-refractivity contribution in [2.75, 3.05) is 26.9 Å². The fraction of sp³-hybridized carbons (Fsp3) is 0.333. The predicted octanol–water partition coefficient (Wildman–Crippen LogP) is 0.434. The van der Waals surface area contributed by atoms with Gasteiger partial charge in [0.25, 0.3) is 11.6 Å². The molecule has 0 unspecified atom stereocenters. The van der Waals surface area contributed by atoms with Gasteiger partial charge in [-0.05, 0) is 6.07 Å². The number of hydrogen-bond acceptors (Lipinski definition) is 6. The van der Waals surface area contributed by atoms with Crippen LogP contribution >= 0.6 is 0 Å². The van der Waals surface area contributed by atoms with Crippen molar-refractivity contribution in [3.8, 4) is 5.75 Å². The lowest BCUT2D eigenvalue weighted by molar-refractivity contribution is -0.385. The highest BCUT2D eigenvalue weighted by atomic mass is 16.6. The van der Waals surface area contributed by atoms with Crippen molar-refractivity contribution in [2.45, 2.75) is 0 Å². The topological polar surface area (TPSA) is 128 Å². The van der Waals surface area contributed by atoms with Crippen LogP contribution < -0.4 is 10.1 Å². The zero-order valence-electron chi connectivity index (χ0n) is 11.2. The van der Waals surface area contributed by atoms with E-state index in [4.69, 9.17) is 14.6 Å². The van der Waals surface area contributed by atoms with E-state index in [9.17, 15) is 19.7 Å². The molecule has 0 aromatic heterocycles. The quantitative estimate of drug-likeness (QED) is 0.404.